The van der Waals surface area contributed by atoms with Crippen molar-refractivity contribution < 1.29 is 0 Å². The van der Waals surface area contributed by atoms with Crippen molar-refractivity contribution in [1.82, 2.24) is 0 Å². The Labute approximate surface area is 325 Å². The van der Waals surface area contributed by atoms with Crippen molar-refractivity contribution in [3.05, 3.63) is 218 Å². The maximum Gasteiger partial charge on any atom is 0.0575 e. The molecule has 0 fully saturated rings. The molecule has 0 atom stereocenters. The highest BCUT2D eigenvalue weighted by molar-refractivity contribution is 7.26. The molecule has 9 aromatic carbocycles. The van der Waals surface area contributed by atoms with Gasteiger partial charge in [0.2, 0.25) is 0 Å². The Morgan fingerprint density at radius 1 is 0.309 bits per heavy atom. The largest absolute Gasteiger partial charge is 0.310 e. The van der Waals surface area contributed by atoms with Crippen LogP contribution in [-0.2, 0) is 0 Å². The molecule has 0 spiro atoms. The van der Waals surface area contributed by atoms with Crippen LogP contribution in [0.1, 0.15) is 0 Å². The second-order valence-electron chi connectivity index (χ2n) is 13.7. The number of nitrogens with zero attached hydrogens (tertiary/aromatic N) is 2. The van der Waals surface area contributed by atoms with E-state index in [9.17, 15) is 0 Å². The minimum Gasteiger partial charge on any atom is -0.310 e. The van der Waals surface area contributed by atoms with Crippen molar-refractivity contribution in [2.75, 3.05) is 9.80 Å². The van der Waals surface area contributed by atoms with Crippen LogP contribution in [0.4, 0.5) is 34.1 Å². The van der Waals surface area contributed by atoms with Gasteiger partial charge in [-0.2, -0.15) is 0 Å². The molecule has 0 aliphatic carbocycles. The molecule has 0 saturated heterocycles. The standard InChI is InChI=1S/C52H36N2S/c1-5-17-37(18-6-1)38-29-32-43(33-30-38)53(41-22-9-3-10-23-41)48-35-44(36-50-52(48)51-46-27-14-13-21-40(46)31-34-49(51)55-50)54(42-24-11-4-12-25-42)47-28-16-15-26-45(47)39-19-7-2-8-20-39/h1-36H. The molecule has 0 unspecified atom stereocenters. The van der Waals surface area contributed by atoms with Gasteiger partial charge in [-0.25, -0.2) is 0 Å². The third-order valence-electron chi connectivity index (χ3n) is 10.4. The molecule has 0 radical (unpaired) electrons. The van der Waals surface area contributed by atoms with Crippen LogP contribution in [0.15, 0.2) is 218 Å². The zero-order valence-corrected chi connectivity index (χ0v) is 30.9. The van der Waals surface area contributed by atoms with Crippen molar-refractivity contribution in [1.29, 1.82) is 0 Å². The average Bonchev–Trinajstić information content (AvgIpc) is 3.65. The topological polar surface area (TPSA) is 6.48 Å². The van der Waals surface area contributed by atoms with Gasteiger partial charge < -0.3 is 9.80 Å². The predicted octanol–water partition coefficient (Wildman–Crippen LogP) is 15.5. The third kappa shape index (κ3) is 6.01. The Morgan fingerprint density at radius 2 is 0.836 bits per heavy atom. The van der Waals surface area contributed by atoms with Gasteiger partial charge >= 0.3 is 0 Å². The van der Waals surface area contributed by atoms with E-state index in [4.69, 9.17) is 0 Å². The Morgan fingerprint density at radius 3 is 1.53 bits per heavy atom. The first-order valence-electron chi connectivity index (χ1n) is 18.7. The number of hydrogen-bond donors (Lipinski definition) is 0. The fourth-order valence-corrected chi connectivity index (χ4v) is 9.08. The quantitative estimate of drug-likeness (QED) is 0.154. The Hall–Kier alpha value is -6.94. The molecule has 3 heteroatoms. The lowest BCUT2D eigenvalue weighted by molar-refractivity contribution is 1.26. The van der Waals surface area contributed by atoms with Crippen molar-refractivity contribution in [3.8, 4) is 22.3 Å². The fourth-order valence-electron chi connectivity index (χ4n) is 7.91. The first-order valence-corrected chi connectivity index (χ1v) is 19.5. The van der Waals surface area contributed by atoms with Gasteiger partial charge in [0.25, 0.3) is 0 Å². The number of hydrogen-bond acceptors (Lipinski definition) is 3. The highest BCUT2D eigenvalue weighted by Gasteiger charge is 2.24. The predicted molar refractivity (Wildman–Crippen MR) is 237 cm³/mol. The Kier molecular flexibility index (Phi) is 8.40. The van der Waals surface area contributed by atoms with Crippen molar-refractivity contribution in [2.24, 2.45) is 0 Å². The Balaban J connectivity index is 1.29. The van der Waals surface area contributed by atoms with Crippen LogP contribution in [0, 0.1) is 0 Å². The molecule has 0 amide bonds. The molecule has 0 aliphatic heterocycles. The monoisotopic (exact) mass is 720 g/mol. The molecule has 1 heterocycles. The molecule has 260 valence electrons. The van der Waals surface area contributed by atoms with Gasteiger partial charge in [0.15, 0.2) is 0 Å². The number of thiophene rings is 1. The number of rotatable bonds is 8. The minimum absolute atomic E-state index is 1.09. The SMILES string of the molecule is c1ccc(-c2ccc(N(c3ccccc3)c3cc(N(c4ccccc4)c4ccccc4-c4ccccc4)cc4sc5ccc6ccccc6c5c34)cc2)cc1. The van der Waals surface area contributed by atoms with Crippen LogP contribution >= 0.6 is 11.3 Å². The number of anilines is 6. The molecular formula is C52H36N2S. The van der Waals surface area contributed by atoms with E-state index in [0.29, 0.717) is 0 Å². The molecule has 0 bridgehead atoms. The summed E-state index contributed by atoms with van der Waals surface area (Å²) in [6, 6.07) is 78.8. The highest BCUT2D eigenvalue weighted by Crippen LogP contribution is 2.51. The lowest BCUT2D eigenvalue weighted by Crippen LogP contribution is -2.14. The summed E-state index contributed by atoms with van der Waals surface area (Å²) in [5, 5.41) is 5.05. The van der Waals surface area contributed by atoms with Crippen molar-refractivity contribution in [3.63, 3.8) is 0 Å². The second kappa shape index (κ2) is 14.1. The molecule has 0 saturated carbocycles. The maximum atomic E-state index is 2.45. The summed E-state index contributed by atoms with van der Waals surface area (Å²) in [5.41, 5.74) is 11.4. The summed E-state index contributed by atoms with van der Waals surface area (Å²) >= 11 is 1.87. The molecule has 55 heavy (non-hydrogen) atoms. The van der Waals surface area contributed by atoms with E-state index in [2.05, 4.69) is 228 Å². The summed E-state index contributed by atoms with van der Waals surface area (Å²) < 4.78 is 2.51. The zero-order valence-electron chi connectivity index (χ0n) is 30.1. The van der Waals surface area contributed by atoms with Gasteiger partial charge in [-0.15, -0.1) is 11.3 Å². The fraction of sp³-hybridized carbons (Fsp3) is 0. The van der Waals surface area contributed by atoms with E-state index in [1.165, 1.54) is 53.2 Å². The number of para-hydroxylation sites is 3. The van der Waals surface area contributed by atoms with Crippen molar-refractivity contribution >= 4 is 76.4 Å². The molecule has 1 aromatic heterocycles. The molecule has 10 rings (SSSR count). The summed E-state index contributed by atoms with van der Waals surface area (Å²) in [6.07, 6.45) is 0. The normalized spacial score (nSPS) is 11.3. The summed E-state index contributed by atoms with van der Waals surface area (Å²) in [4.78, 5) is 4.87. The van der Waals surface area contributed by atoms with Crippen molar-refractivity contribution in [2.45, 2.75) is 0 Å². The number of fused-ring (bicyclic) bond motifs is 5. The van der Waals surface area contributed by atoms with E-state index in [0.717, 1.165) is 34.1 Å². The summed E-state index contributed by atoms with van der Waals surface area (Å²) in [6.45, 7) is 0. The lowest BCUT2D eigenvalue weighted by atomic mass is 9.99. The average molecular weight is 721 g/mol. The van der Waals surface area contributed by atoms with Crippen LogP contribution in [0.25, 0.3) is 53.2 Å². The van der Waals surface area contributed by atoms with E-state index >= 15 is 0 Å². The third-order valence-corrected chi connectivity index (χ3v) is 11.5. The van der Waals surface area contributed by atoms with E-state index in [1.54, 1.807) is 0 Å². The van der Waals surface area contributed by atoms with Crippen LogP contribution in [-0.4, -0.2) is 0 Å². The van der Waals surface area contributed by atoms with Crippen LogP contribution in [0.2, 0.25) is 0 Å². The van der Waals surface area contributed by atoms with Crippen LogP contribution in [0.3, 0.4) is 0 Å². The van der Waals surface area contributed by atoms with Crippen LogP contribution in [0.5, 0.6) is 0 Å². The van der Waals surface area contributed by atoms with E-state index < -0.39 is 0 Å². The van der Waals surface area contributed by atoms with Gasteiger partial charge in [-0.05, 0) is 88.1 Å². The van der Waals surface area contributed by atoms with Gasteiger partial charge in [-0.3, -0.25) is 0 Å². The smallest absolute Gasteiger partial charge is 0.0575 e. The first kappa shape index (κ1) is 32.7. The zero-order chi connectivity index (χ0) is 36.6. The summed E-state index contributed by atoms with van der Waals surface area (Å²) in [5.74, 6) is 0. The van der Waals surface area contributed by atoms with Gasteiger partial charge in [-0.1, -0.05) is 158 Å². The highest BCUT2D eigenvalue weighted by atomic mass is 32.1. The first-order chi connectivity index (χ1) is 27.3. The molecule has 10 aromatic rings. The van der Waals surface area contributed by atoms with Gasteiger partial charge in [0.1, 0.15) is 0 Å². The van der Waals surface area contributed by atoms with Gasteiger partial charge in [0.05, 0.1) is 11.4 Å². The Bertz CT molecular complexity index is 2900. The minimum atomic E-state index is 1.09. The maximum absolute atomic E-state index is 2.45. The second-order valence-corrected chi connectivity index (χ2v) is 14.8. The summed E-state index contributed by atoms with van der Waals surface area (Å²) in [7, 11) is 0. The van der Waals surface area contributed by atoms with Crippen LogP contribution < -0.4 is 9.80 Å². The number of benzene rings is 9. The van der Waals surface area contributed by atoms with E-state index in [-0.39, 0.29) is 0 Å². The molecular weight excluding hydrogens is 685 g/mol. The van der Waals surface area contributed by atoms with E-state index in [1.807, 2.05) is 11.3 Å². The van der Waals surface area contributed by atoms with Gasteiger partial charge in [0, 0.05) is 48.5 Å². The molecule has 0 N–H and O–H groups in total. The molecule has 2 nitrogen and oxygen atoms in total. The molecule has 0 aliphatic rings. The lowest BCUT2D eigenvalue weighted by Gasteiger charge is -2.31.